The zero-order valence-electron chi connectivity index (χ0n) is 10.3. The van der Waals surface area contributed by atoms with Crippen molar-refractivity contribution < 1.29 is 32.9 Å². The van der Waals surface area contributed by atoms with Crippen LogP contribution in [0.15, 0.2) is 30.3 Å². The molecule has 0 bridgehead atoms. The second-order valence-corrected chi connectivity index (χ2v) is 4.00. The molecule has 0 aliphatic rings. The standard InChI is InChI=1S/C12H14F3NO4/c13-12(14,15)10(9(6-17)16-11(18)19)20-7-8-4-2-1-3-5-8/h1-5,9-10,16-17H,6-7H2,(H,18,19)/t9?,10-/m0/s1. The van der Waals surface area contributed by atoms with Gasteiger partial charge in [0.25, 0.3) is 0 Å². The van der Waals surface area contributed by atoms with E-state index >= 15 is 0 Å². The lowest BCUT2D eigenvalue weighted by Gasteiger charge is -2.27. The number of halogens is 3. The molecule has 0 radical (unpaired) electrons. The van der Waals surface area contributed by atoms with Crippen LogP contribution in [0.25, 0.3) is 0 Å². The Morgan fingerprint density at radius 3 is 2.35 bits per heavy atom. The van der Waals surface area contributed by atoms with Crippen molar-refractivity contribution in [1.29, 1.82) is 0 Å². The molecule has 3 N–H and O–H groups in total. The van der Waals surface area contributed by atoms with Gasteiger partial charge in [-0.25, -0.2) is 4.79 Å². The average molecular weight is 293 g/mol. The number of alkyl halides is 3. The Kier molecular flexibility index (Phi) is 5.78. The molecule has 0 aliphatic carbocycles. The van der Waals surface area contributed by atoms with Crippen molar-refractivity contribution >= 4 is 6.09 Å². The number of hydrogen-bond donors (Lipinski definition) is 3. The van der Waals surface area contributed by atoms with Crippen LogP contribution in [0.3, 0.4) is 0 Å². The van der Waals surface area contributed by atoms with Crippen LogP contribution < -0.4 is 5.32 Å². The maximum Gasteiger partial charge on any atom is 0.416 e. The number of benzene rings is 1. The van der Waals surface area contributed by atoms with E-state index in [-0.39, 0.29) is 6.61 Å². The number of nitrogens with one attached hydrogen (secondary N) is 1. The number of amides is 1. The van der Waals surface area contributed by atoms with E-state index in [0.717, 1.165) is 0 Å². The molecule has 1 amide bonds. The molecule has 0 spiro atoms. The molecule has 0 saturated heterocycles. The van der Waals surface area contributed by atoms with E-state index < -0.39 is 31.0 Å². The number of ether oxygens (including phenoxy) is 1. The van der Waals surface area contributed by atoms with E-state index in [1.54, 1.807) is 35.6 Å². The van der Waals surface area contributed by atoms with Gasteiger partial charge in [-0.2, -0.15) is 13.2 Å². The summed E-state index contributed by atoms with van der Waals surface area (Å²) in [4.78, 5) is 10.4. The first kappa shape index (κ1) is 16.3. The molecule has 20 heavy (non-hydrogen) atoms. The first-order valence-electron chi connectivity index (χ1n) is 5.67. The summed E-state index contributed by atoms with van der Waals surface area (Å²) in [5, 5.41) is 19.0. The van der Waals surface area contributed by atoms with Gasteiger partial charge in [0.2, 0.25) is 0 Å². The van der Waals surface area contributed by atoms with Gasteiger partial charge in [-0.05, 0) is 5.56 Å². The van der Waals surface area contributed by atoms with Crippen LogP contribution in [0.2, 0.25) is 0 Å². The molecular weight excluding hydrogens is 279 g/mol. The molecule has 8 heteroatoms. The minimum absolute atomic E-state index is 0.344. The number of rotatable bonds is 6. The molecule has 0 aliphatic heterocycles. The fraction of sp³-hybridized carbons (Fsp3) is 0.417. The van der Waals surface area contributed by atoms with Crippen LogP contribution in [-0.4, -0.2) is 41.2 Å². The smallest absolute Gasteiger partial charge is 0.416 e. The Morgan fingerprint density at radius 1 is 1.30 bits per heavy atom. The predicted molar refractivity (Wildman–Crippen MR) is 63.1 cm³/mol. The lowest BCUT2D eigenvalue weighted by molar-refractivity contribution is -0.234. The van der Waals surface area contributed by atoms with Crippen LogP contribution >= 0.6 is 0 Å². The molecule has 112 valence electrons. The summed E-state index contributed by atoms with van der Waals surface area (Å²) in [7, 11) is 0. The topological polar surface area (TPSA) is 78.8 Å². The maximum atomic E-state index is 12.8. The highest BCUT2D eigenvalue weighted by atomic mass is 19.4. The minimum atomic E-state index is -4.80. The molecule has 1 aromatic carbocycles. The van der Waals surface area contributed by atoms with Crippen LogP contribution in [-0.2, 0) is 11.3 Å². The Bertz CT molecular complexity index is 424. The monoisotopic (exact) mass is 293 g/mol. The molecule has 0 aromatic heterocycles. The average Bonchev–Trinajstić information content (AvgIpc) is 2.36. The van der Waals surface area contributed by atoms with E-state index in [4.69, 9.17) is 14.9 Å². The Labute approximate surface area is 113 Å². The van der Waals surface area contributed by atoms with Crippen LogP contribution in [0.1, 0.15) is 5.56 Å². The van der Waals surface area contributed by atoms with Gasteiger partial charge in [0.05, 0.1) is 19.3 Å². The fourth-order valence-corrected chi connectivity index (χ4v) is 1.57. The lowest BCUT2D eigenvalue weighted by Crippen LogP contribution is -2.53. The molecule has 1 rings (SSSR count). The van der Waals surface area contributed by atoms with Crippen molar-refractivity contribution in [3.05, 3.63) is 35.9 Å². The van der Waals surface area contributed by atoms with Crippen LogP contribution in [0.4, 0.5) is 18.0 Å². The quantitative estimate of drug-likeness (QED) is 0.747. The van der Waals surface area contributed by atoms with Gasteiger partial charge in [0.15, 0.2) is 6.10 Å². The highest BCUT2D eigenvalue weighted by molar-refractivity contribution is 5.65. The van der Waals surface area contributed by atoms with Crippen LogP contribution in [0, 0.1) is 0 Å². The Balaban J connectivity index is 2.76. The van der Waals surface area contributed by atoms with Gasteiger partial charge in [0, 0.05) is 0 Å². The Morgan fingerprint density at radius 2 is 1.90 bits per heavy atom. The number of aliphatic hydroxyl groups is 1. The molecule has 0 saturated carbocycles. The van der Waals surface area contributed by atoms with Crippen molar-refractivity contribution in [3.63, 3.8) is 0 Å². The molecule has 5 nitrogen and oxygen atoms in total. The summed E-state index contributed by atoms with van der Waals surface area (Å²) in [6.45, 7) is -1.37. The van der Waals surface area contributed by atoms with Gasteiger partial charge >= 0.3 is 12.3 Å². The zero-order valence-corrected chi connectivity index (χ0v) is 10.3. The molecule has 1 aromatic rings. The third-order valence-corrected chi connectivity index (χ3v) is 2.47. The molecule has 2 atom stereocenters. The van der Waals surface area contributed by atoms with Crippen molar-refractivity contribution in [2.45, 2.75) is 24.9 Å². The van der Waals surface area contributed by atoms with Crippen molar-refractivity contribution in [2.75, 3.05) is 6.61 Å². The highest BCUT2D eigenvalue weighted by Crippen LogP contribution is 2.26. The van der Waals surface area contributed by atoms with E-state index in [1.807, 2.05) is 0 Å². The second-order valence-electron chi connectivity index (χ2n) is 4.00. The van der Waals surface area contributed by atoms with Gasteiger partial charge in [-0.3, -0.25) is 0 Å². The second kappa shape index (κ2) is 7.11. The van der Waals surface area contributed by atoms with Gasteiger partial charge < -0.3 is 20.3 Å². The van der Waals surface area contributed by atoms with Crippen LogP contribution in [0.5, 0.6) is 0 Å². The van der Waals surface area contributed by atoms with E-state index in [9.17, 15) is 18.0 Å². The largest absolute Gasteiger partial charge is 0.465 e. The summed E-state index contributed by atoms with van der Waals surface area (Å²) in [6.07, 6.45) is -8.89. The van der Waals surface area contributed by atoms with Crippen molar-refractivity contribution in [2.24, 2.45) is 0 Å². The summed E-state index contributed by atoms with van der Waals surface area (Å²) in [5.41, 5.74) is 0.508. The summed E-state index contributed by atoms with van der Waals surface area (Å²) in [6, 6.07) is 6.35. The van der Waals surface area contributed by atoms with Gasteiger partial charge in [-0.1, -0.05) is 30.3 Å². The minimum Gasteiger partial charge on any atom is -0.465 e. The normalized spacial score (nSPS) is 14.6. The predicted octanol–water partition coefficient (Wildman–Crippen LogP) is 1.76. The number of hydrogen-bond acceptors (Lipinski definition) is 3. The maximum absolute atomic E-state index is 12.8. The first-order valence-corrected chi connectivity index (χ1v) is 5.67. The van der Waals surface area contributed by atoms with Crippen molar-refractivity contribution in [1.82, 2.24) is 5.32 Å². The number of aliphatic hydroxyl groups excluding tert-OH is 1. The van der Waals surface area contributed by atoms with Gasteiger partial charge in [-0.15, -0.1) is 0 Å². The SMILES string of the molecule is O=C(O)NC(CO)[C@H](OCc1ccccc1)C(F)(F)F. The third kappa shape index (κ3) is 5.06. The summed E-state index contributed by atoms with van der Waals surface area (Å²) in [5.74, 6) is 0. The van der Waals surface area contributed by atoms with E-state index in [2.05, 4.69) is 0 Å². The van der Waals surface area contributed by atoms with Gasteiger partial charge in [0.1, 0.15) is 0 Å². The Hall–Kier alpha value is -1.80. The summed E-state index contributed by atoms with van der Waals surface area (Å²) >= 11 is 0. The molecule has 0 fully saturated rings. The lowest BCUT2D eigenvalue weighted by atomic mass is 10.1. The van der Waals surface area contributed by atoms with E-state index in [0.29, 0.717) is 5.56 Å². The summed E-state index contributed by atoms with van der Waals surface area (Å²) < 4.78 is 43.3. The number of carboxylic acid groups (broad SMARTS) is 1. The highest BCUT2D eigenvalue weighted by Gasteiger charge is 2.46. The van der Waals surface area contributed by atoms with E-state index in [1.165, 1.54) is 0 Å². The first-order chi connectivity index (χ1) is 9.34. The zero-order chi connectivity index (χ0) is 15.2. The molecule has 1 unspecified atom stereocenters. The molecule has 0 heterocycles. The fourth-order valence-electron chi connectivity index (χ4n) is 1.57. The van der Waals surface area contributed by atoms with Crippen molar-refractivity contribution in [3.8, 4) is 0 Å². The number of carbonyl (C=O) groups is 1. The third-order valence-electron chi connectivity index (χ3n) is 2.47. The molecular formula is C12H14F3NO4.